The van der Waals surface area contributed by atoms with Crippen LogP contribution in [-0.2, 0) is 33.0 Å². The average Bonchev–Trinajstić information content (AvgIpc) is 3.02. The summed E-state index contributed by atoms with van der Waals surface area (Å²) in [5, 5.41) is 15.2. The van der Waals surface area contributed by atoms with Crippen molar-refractivity contribution in [2.45, 2.75) is 63.3 Å². The summed E-state index contributed by atoms with van der Waals surface area (Å²) < 4.78 is 12.4. The van der Waals surface area contributed by atoms with E-state index in [1.165, 1.54) is 12.6 Å². The van der Waals surface area contributed by atoms with Gasteiger partial charge in [-0.1, -0.05) is 35.9 Å². The number of halogens is 1. The molecule has 0 radical (unpaired) electrons. The molecule has 2 N–H and O–H groups in total. The van der Waals surface area contributed by atoms with E-state index in [1.807, 2.05) is 30.3 Å². The van der Waals surface area contributed by atoms with Crippen molar-refractivity contribution >= 4 is 29.1 Å². The van der Waals surface area contributed by atoms with E-state index in [-0.39, 0.29) is 18.4 Å². The second-order valence-electron chi connectivity index (χ2n) is 12.1. The van der Waals surface area contributed by atoms with Crippen LogP contribution >= 0.6 is 11.6 Å². The Morgan fingerprint density at radius 1 is 1.14 bits per heavy atom. The van der Waals surface area contributed by atoms with Crippen LogP contribution < -0.4 is 15.0 Å². The van der Waals surface area contributed by atoms with Gasteiger partial charge >= 0.3 is 0 Å². The zero-order valence-electron chi connectivity index (χ0n) is 25.5. The topological polar surface area (TPSA) is 91.3 Å². The van der Waals surface area contributed by atoms with E-state index in [9.17, 15) is 14.7 Å². The molecule has 2 aromatic rings. The molecule has 0 saturated heterocycles. The van der Waals surface area contributed by atoms with Gasteiger partial charge in [-0.3, -0.25) is 9.59 Å². The molecule has 1 fully saturated rings. The smallest absolute Gasteiger partial charge is 0.256 e. The highest BCUT2D eigenvalue weighted by Gasteiger charge is 2.42. The van der Waals surface area contributed by atoms with Crippen LogP contribution in [0.4, 0.5) is 5.69 Å². The zero-order chi connectivity index (χ0) is 30.6. The first kappa shape index (κ1) is 31.4. The van der Waals surface area contributed by atoms with E-state index in [1.54, 1.807) is 25.1 Å². The van der Waals surface area contributed by atoms with Gasteiger partial charge in [-0.05, 0) is 91.3 Å². The predicted octanol–water partition coefficient (Wildman–Crippen LogP) is 4.84. The van der Waals surface area contributed by atoms with Crippen molar-refractivity contribution in [1.82, 2.24) is 10.2 Å². The Hall–Kier alpha value is -3.07. The minimum Gasteiger partial charge on any atom is -0.487 e. The van der Waals surface area contributed by atoms with Gasteiger partial charge in [0.1, 0.15) is 12.4 Å². The van der Waals surface area contributed by atoms with Crippen LogP contribution in [0.5, 0.6) is 5.75 Å². The van der Waals surface area contributed by atoms with E-state index in [0.29, 0.717) is 42.7 Å². The van der Waals surface area contributed by atoms with Gasteiger partial charge in [0.15, 0.2) is 5.60 Å². The van der Waals surface area contributed by atoms with Crippen LogP contribution in [0.25, 0.3) is 0 Å². The molecule has 8 nitrogen and oxygen atoms in total. The summed E-state index contributed by atoms with van der Waals surface area (Å²) in [6.45, 7) is 2.43. The first-order valence-corrected chi connectivity index (χ1v) is 15.8. The standard InChI is InChI=1S/C34H44ClN3O5/c1-36-33(40)34(41)20-32(39)37(2)16-6-5-9-30(42-3)28-14-11-24(28)21-38-17-7-4-8-23-18-27(35)13-10-25(23)22-43-31-15-12-26(34)19-29(31)38/h5,9-10,12-13,15,18-19,24,28,30,41H,4,6-8,11,14,16-17,20-22H2,1-3H3,(H,36,40)/b9-5+/t24-,28+,30-,34+/m0/s1. The quantitative estimate of drug-likeness (QED) is 0.474. The number of ether oxygens (including phenoxy) is 2. The number of nitrogens with zero attached hydrogens (tertiary/aromatic N) is 2. The Balaban J connectivity index is 1.60. The maximum atomic E-state index is 13.3. The number of anilines is 1. The molecule has 232 valence electrons. The number of rotatable bonds is 2. The monoisotopic (exact) mass is 609 g/mol. The third-order valence-electron chi connectivity index (χ3n) is 9.47. The molecule has 5 rings (SSSR count). The Morgan fingerprint density at radius 2 is 1.98 bits per heavy atom. The number of aryl methyl sites for hydroxylation is 1. The molecular weight excluding hydrogens is 566 g/mol. The second kappa shape index (κ2) is 13.7. The van der Waals surface area contributed by atoms with Gasteiger partial charge in [0.25, 0.3) is 5.91 Å². The summed E-state index contributed by atoms with van der Waals surface area (Å²) in [5.41, 5.74) is 1.43. The van der Waals surface area contributed by atoms with Crippen molar-refractivity contribution in [3.05, 3.63) is 70.3 Å². The fourth-order valence-electron chi connectivity index (χ4n) is 6.63. The van der Waals surface area contributed by atoms with Gasteiger partial charge in [0, 0.05) is 45.9 Å². The summed E-state index contributed by atoms with van der Waals surface area (Å²) >= 11 is 6.34. The van der Waals surface area contributed by atoms with Crippen LogP contribution in [0.15, 0.2) is 48.6 Å². The number of aliphatic hydroxyl groups is 1. The number of likely N-dealkylation sites (N-methyl/N-ethyl adjacent to an activating group) is 1. The van der Waals surface area contributed by atoms with E-state index in [0.717, 1.165) is 61.5 Å². The minimum absolute atomic E-state index is 0.0104. The minimum atomic E-state index is -2.04. The predicted molar refractivity (Wildman–Crippen MR) is 168 cm³/mol. The summed E-state index contributed by atoms with van der Waals surface area (Å²) in [4.78, 5) is 30.5. The lowest BCUT2D eigenvalue weighted by Gasteiger charge is -2.43. The van der Waals surface area contributed by atoms with Crippen LogP contribution in [0.2, 0.25) is 5.02 Å². The number of hydrogen-bond acceptors (Lipinski definition) is 6. The van der Waals surface area contributed by atoms with Gasteiger partial charge in [-0.15, -0.1) is 0 Å². The second-order valence-corrected chi connectivity index (χ2v) is 12.6. The van der Waals surface area contributed by atoms with Crippen molar-refractivity contribution < 1.29 is 24.2 Å². The Morgan fingerprint density at radius 3 is 2.72 bits per heavy atom. The van der Waals surface area contributed by atoms with Crippen molar-refractivity contribution in [3.63, 3.8) is 0 Å². The number of carbonyl (C=O) groups excluding carboxylic acids is 2. The molecule has 2 heterocycles. The first-order chi connectivity index (χ1) is 20.7. The molecule has 2 bridgehead atoms. The number of hydrogen-bond donors (Lipinski definition) is 2. The lowest BCUT2D eigenvalue weighted by molar-refractivity contribution is -0.149. The van der Waals surface area contributed by atoms with E-state index >= 15 is 0 Å². The largest absolute Gasteiger partial charge is 0.487 e. The molecular formula is C34H44ClN3O5. The molecule has 2 aromatic carbocycles. The summed E-state index contributed by atoms with van der Waals surface area (Å²) in [5.74, 6) is 0.547. The molecule has 43 heavy (non-hydrogen) atoms. The maximum Gasteiger partial charge on any atom is 0.256 e. The summed E-state index contributed by atoms with van der Waals surface area (Å²) in [6, 6.07) is 11.3. The Kier molecular flexibility index (Phi) is 9.99. The zero-order valence-corrected chi connectivity index (χ0v) is 26.2. The van der Waals surface area contributed by atoms with Gasteiger partial charge in [0.2, 0.25) is 5.91 Å². The van der Waals surface area contributed by atoms with E-state index in [4.69, 9.17) is 21.1 Å². The number of methoxy groups -OCH3 is 1. The molecule has 3 aliphatic rings. The third kappa shape index (κ3) is 6.87. The van der Waals surface area contributed by atoms with Crippen LogP contribution in [0, 0.1) is 11.8 Å². The summed E-state index contributed by atoms with van der Waals surface area (Å²) in [6.07, 6.45) is 9.55. The van der Waals surface area contributed by atoms with Crippen LogP contribution in [0.1, 0.15) is 55.2 Å². The average molecular weight is 610 g/mol. The van der Waals surface area contributed by atoms with Crippen LogP contribution in [0.3, 0.4) is 0 Å². The molecule has 0 spiro atoms. The fraction of sp³-hybridized carbons (Fsp3) is 0.529. The summed E-state index contributed by atoms with van der Waals surface area (Å²) in [7, 11) is 4.95. The molecule has 0 unspecified atom stereocenters. The lowest BCUT2D eigenvalue weighted by atomic mass is 9.70. The molecule has 4 atom stereocenters. The fourth-order valence-corrected chi connectivity index (χ4v) is 6.82. The van der Waals surface area contributed by atoms with E-state index in [2.05, 4.69) is 22.4 Å². The molecule has 0 aromatic heterocycles. The number of nitrogens with one attached hydrogen (secondary N) is 1. The van der Waals surface area contributed by atoms with Crippen molar-refractivity contribution in [3.8, 4) is 5.75 Å². The number of fused-ring (bicyclic) bond motifs is 3. The highest BCUT2D eigenvalue weighted by Crippen LogP contribution is 2.42. The number of carbonyl (C=O) groups is 2. The van der Waals surface area contributed by atoms with Crippen LogP contribution in [-0.4, -0.2) is 68.8 Å². The Labute approximate surface area is 260 Å². The van der Waals surface area contributed by atoms with Crippen molar-refractivity contribution in [2.75, 3.05) is 45.7 Å². The van der Waals surface area contributed by atoms with Crippen molar-refractivity contribution in [1.29, 1.82) is 0 Å². The highest BCUT2D eigenvalue weighted by molar-refractivity contribution is 6.30. The molecule has 1 aliphatic carbocycles. The molecule has 2 amide bonds. The Bertz CT molecular complexity index is 1350. The van der Waals surface area contributed by atoms with E-state index < -0.39 is 11.5 Å². The number of amides is 2. The molecule has 9 heteroatoms. The highest BCUT2D eigenvalue weighted by atomic mass is 35.5. The lowest BCUT2D eigenvalue weighted by Crippen LogP contribution is -2.47. The first-order valence-electron chi connectivity index (χ1n) is 15.4. The maximum absolute atomic E-state index is 13.3. The third-order valence-corrected chi connectivity index (χ3v) is 9.71. The van der Waals surface area contributed by atoms with Gasteiger partial charge in [0.05, 0.1) is 18.2 Å². The van der Waals surface area contributed by atoms with Crippen molar-refractivity contribution in [2.24, 2.45) is 11.8 Å². The van der Waals surface area contributed by atoms with Gasteiger partial charge in [-0.2, -0.15) is 0 Å². The SMILES string of the molecule is CNC(=O)[C@@]1(O)CC(=O)N(C)CC/C=C/[C@H](OC)[C@@H]2CC[C@H]2CN2CCCCc3cc(Cl)ccc3COc3ccc1cc32. The molecule has 2 aliphatic heterocycles. The van der Waals surface area contributed by atoms with Gasteiger partial charge in [-0.25, -0.2) is 0 Å². The molecule has 1 saturated carbocycles. The normalized spacial score (nSPS) is 27.5. The van der Waals surface area contributed by atoms with Gasteiger partial charge < -0.3 is 29.7 Å². The number of benzene rings is 2.